The number of hydrogen-bond donors (Lipinski definition) is 1. The summed E-state index contributed by atoms with van der Waals surface area (Å²) < 4.78 is 8.15. The van der Waals surface area contributed by atoms with Gasteiger partial charge in [-0.1, -0.05) is 17.3 Å². The Kier molecular flexibility index (Phi) is 3.74. The van der Waals surface area contributed by atoms with Gasteiger partial charge in [0.25, 0.3) is 5.89 Å². The number of benzene rings is 1. The molecule has 2 aromatic heterocycles. The normalized spacial score (nSPS) is 12.5. The number of aryl methyl sites for hydroxylation is 1. The number of nitrogens with two attached hydrogens (primary N) is 1. The maximum Gasteiger partial charge on any atom is 0.251 e. The molecule has 0 saturated heterocycles. The highest BCUT2D eigenvalue weighted by Gasteiger charge is 2.19. The zero-order chi connectivity index (χ0) is 15.9. The molecule has 7 heteroatoms. The van der Waals surface area contributed by atoms with E-state index in [2.05, 4.69) is 31.2 Å². The first-order valence-corrected chi connectivity index (χ1v) is 7.67. The standard InChI is InChI=1S/C15H16BrN5O/c1-8-11(5-4-6-13(8)17)14-18-15(22-20-14)10(3)21-7-12(16)9(2)19-21/h4-7,10H,17H2,1-3H3. The van der Waals surface area contributed by atoms with Crippen molar-refractivity contribution in [3.05, 3.63) is 46.0 Å². The summed E-state index contributed by atoms with van der Waals surface area (Å²) in [6.45, 7) is 5.84. The Morgan fingerprint density at radius 2 is 2.09 bits per heavy atom. The van der Waals surface area contributed by atoms with Crippen molar-refractivity contribution in [3.63, 3.8) is 0 Å². The molecule has 1 aromatic carbocycles. The van der Waals surface area contributed by atoms with Crippen molar-refractivity contribution in [1.29, 1.82) is 0 Å². The first-order chi connectivity index (χ1) is 10.5. The van der Waals surface area contributed by atoms with E-state index in [0.29, 0.717) is 17.4 Å². The monoisotopic (exact) mass is 361 g/mol. The van der Waals surface area contributed by atoms with Crippen LogP contribution in [0.1, 0.15) is 30.1 Å². The molecule has 0 amide bonds. The second-order valence-electron chi connectivity index (χ2n) is 5.19. The van der Waals surface area contributed by atoms with Crippen molar-refractivity contribution in [2.45, 2.75) is 26.8 Å². The minimum Gasteiger partial charge on any atom is -0.398 e. The molecular weight excluding hydrogens is 346 g/mol. The van der Waals surface area contributed by atoms with Gasteiger partial charge in [0, 0.05) is 17.4 Å². The second kappa shape index (κ2) is 5.57. The van der Waals surface area contributed by atoms with E-state index in [1.165, 1.54) is 0 Å². The maximum atomic E-state index is 5.93. The molecule has 0 aliphatic carbocycles. The van der Waals surface area contributed by atoms with Gasteiger partial charge in [-0.3, -0.25) is 4.68 Å². The largest absolute Gasteiger partial charge is 0.398 e. The molecule has 3 aromatic rings. The third kappa shape index (κ3) is 2.52. The van der Waals surface area contributed by atoms with E-state index in [9.17, 15) is 0 Å². The van der Waals surface area contributed by atoms with Gasteiger partial charge in [0.15, 0.2) is 0 Å². The van der Waals surface area contributed by atoms with E-state index >= 15 is 0 Å². The predicted octanol–water partition coefficient (Wildman–Crippen LogP) is 3.50. The Balaban J connectivity index is 1.95. The summed E-state index contributed by atoms with van der Waals surface area (Å²) in [5.41, 5.74) is 9.38. The van der Waals surface area contributed by atoms with Crippen molar-refractivity contribution in [3.8, 4) is 11.4 Å². The van der Waals surface area contributed by atoms with Crippen LogP contribution in [0.3, 0.4) is 0 Å². The first kappa shape index (κ1) is 14.8. The van der Waals surface area contributed by atoms with Crippen molar-refractivity contribution in [2.24, 2.45) is 0 Å². The average Bonchev–Trinajstić information content (AvgIpc) is 3.09. The molecule has 0 aliphatic rings. The van der Waals surface area contributed by atoms with Crippen LogP contribution in [0, 0.1) is 13.8 Å². The first-order valence-electron chi connectivity index (χ1n) is 6.87. The van der Waals surface area contributed by atoms with E-state index in [4.69, 9.17) is 10.3 Å². The van der Waals surface area contributed by atoms with Crippen LogP contribution in [0.15, 0.2) is 33.4 Å². The quantitative estimate of drug-likeness (QED) is 0.721. The minimum absolute atomic E-state index is 0.146. The number of nitrogens with zero attached hydrogens (tertiary/aromatic N) is 4. The smallest absolute Gasteiger partial charge is 0.251 e. The number of rotatable bonds is 3. The summed E-state index contributed by atoms with van der Waals surface area (Å²) in [5, 5.41) is 8.49. The molecule has 3 rings (SSSR count). The van der Waals surface area contributed by atoms with Crippen LogP contribution in [-0.2, 0) is 0 Å². The lowest BCUT2D eigenvalue weighted by atomic mass is 10.1. The average molecular weight is 362 g/mol. The van der Waals surface area contributed by atoms with Crippen LogP contribution >= 0.6 is 15.9 Å². The number of halogens is 1. The Morgan fingerprint density at radius 1 is 1.32 bits per heavy atom. The van der Waals surface area contributed by atoms with Gasteiger partial charge in [-0.05, 0) is 48.3 Å². The molecule has 2 N–H and O–H groups in total. The van der Waals surface area contributed by atoms with Gasteiger partial charge in [0.1, 0.15) is 6.04 Å². The molecule has 22 heavy (non-hydrogen) atoms. The third-order valence-corrected chi connectivity index (χ3v) is 4.45. The van der Waals surface area contributed by atoms with E-state index < -0.39 is 0 Å². The number of hydrogen-bond acceptors (Lipinski definition) is 5. The molecule has 0 bridgehead atoms. The number of nitrogen functional groups attached to an aromatic ring is 1. The van der Waals surface area contributed by atoms with E-state index in [-0.39, 0.29) is 6.04 Å². The van der Waals surface area contributed by atoms with Gasteiger partial charge >= 0.3 is 0 Å². The molecule has 0 saturated carbocycles. The molecule has 114 valence electrons. The highest BCUT2D eigenvalue weighted by Crippen LogP contribution is 2.27. The van der Waals surface area contributed by atoms with Gasteiger partial charge < -0.3 is 10.3 Å². The summed E-state index contributed by atoms with van der Waals surface area (Å²) in [6, 6.07) is 5.52. The summed E-state index contributed by atoms with van der Waals surface area (Å²) in [7, 11) is 0. The van der Waals surface area contributed by atoms with Crippen LogP contribution < -0.4 is 5.73 Å². The van der Waals surface area contributed by atoms with Crippen LogP contribution in [0.5, 0.6) is 0 Å². The molecular formula is C15H16BrN5O. The molecule has 0 aliphatic heterocycles. The summed E-state index contributed by atoms with van der Waals surface area (Å²) >= 11 is 3.45. The maximum absolute atomic E-state index is 5.93. The molecule has 1 atom stereocenters. The zero-order valence-corrected chi connectivity index (χ0v) is 14.1. The Hall–Kier alpha value is -2.15. The molecule has 0 fully saturated rings. The Labute approximate surface area is 136 Å². The fourth-order valence-corrected chi connectivity index (χ4v) is 2.47. The van der Waals surface area contributed by atoms with Crippen molar-refractivity contribution < 1.29 is 4.52 Å². The highest BCUT2D eigenvalue weighted by atomic mass is 79.9. The minimum atomic E-state index is -0.146. The second-order valence-corrected chi connectivity index (χ2v) is 6.05. The topological polar surface area (TPSA) is 82.8 Å². The molecule has 0 radical (unpaired) electrons. The summed E-state index contributed by atoms with van der Waals surface area (Å²) in [4.78, 5) is 4.49. The van der Waals surface area contributed by atoms with Gasteiger partial charge in [-0.2, -0.15) is 10.1 Å². The van der Waals surface area contributed by atoms with Crippen molar-refractivity contribution in [1.82, 2.24) is 19.9 Å². The summed E-state index contributed by atoms with van der Waals surface area (Å²) in [5.74, 6) is 1.04. The van der Waals surface area contributed by atoms with Gasteiger partial charge in [0.05, 0.1) is 10.2 Å². The lowest BCUT2D eigenvalue weighted by Gasteiger charge is -2.06. The fourth-order valence-electron chi connectivity index (χ4n) is 2.18. The lowest BCUT2D eigenvalue weighted by Crippen LogP contribution is -2.08. The van der Waals surface area contributed by atoms with E-state index in [1.54, 1.807) is 4.68 Å². The van der Waals surface area contributed by atoms with E-state index in [0.717, 1.165) is 21.3 Å². The van der Waals surface area contributed by atoms with Gasteiger partial charge in [-0.15, -0.1) is 0 Å². The van der Waals surface area contributed by atoms with Crippen LogP contribution in [0.4, 0.5) is 5.69 Å². The van der Waals surface area contributed by atoms with Gasteiger partial charge in [-0.25, -0.2) is 0 Å². The molecule has 6 nitrogen and oxygen atoms in total. The predicted molar refractivity (Wildman–Crippen MR) is 87.4 cm³/mol. The van der Waals surface area contributed by atoms with E-state index in [1.807, 2.05) is 45.2 Å². The molecule has 2 heterocycles. The lowest BCUT2D eigenvalue weighted by molar-refractivity contribution is 0.336. The van der Waals surface area contributed by atoms with Crippen molar-refractivity contribution in [2.75, 3.05) is 5.73 Å². The fraction of sp³-hybridized carbons (Fsp3) is 0.267. The van der Waals surface area contributed by atoms with Crippen LogP contribution in [-0.4, -0.2) is 19.9 Å². The highest BCUT2D eigenvalue weighted by molar-refractivity contribution is 9.10. The van der Waals surface area contributed by atoms with Crippen LogP contribution in [0.2, 0.25) is 0 Å². The van der Waals surface area contributed by atoms with Gasteiger partial charge in [0.2, 0.25) is 5.82 Å². The summed E-state index contributed by atoms with van der Waals surface area (Å²) in [6.07, 6.45) is 1.90. The number of anilines is 1. The van der Waals surface area contributed by atoms with Crippen LogP contribution in [0.25, 0.3) is 11.4 Å². The Morgan fingerprint density at radius 3 is 2.77 bits per heavy atom. The SMILES string of the molecule is Cc1nn(C(C)c2nc(-c3cccc(N)c3C)no2)cc1Br. The third-order valence-electron chi connectivity index (χ3n) is 3.67. The Bertz CT molecular complexity index is 804. The molecule has 1 unspecified atom stereocenters. The molecule has 0 spiro atoms. The zero-order valence-electron chi connectivity index (χ0n) is 12.5. The van der Waals surface area contributed by atoms with Crippen molar-refractivity contribution >= 4 is 21.6 Å². The number of aromatic nitrogens is 4.